The molecule has 3 aromatic heterocycles. The first-order valence-electron chi connectivity index (χ1n) is 8.71. The molecule has 3 heterocycles. The molecule has 0 spiro atoms. The first-order chi connectivity index (χ1) is 14.8. The maximum absolute atomic E-state index is 13.1. The Bertz CT molecular complexity index is 1680. The van der Waals surface area contributed by atoms with E-state index in [1.165, 1.54) is 6.07 Å². The van der Waals surface area contributed by atoms with Crippen molar-refractivity contribution in [3.05, 3.63) is 57.2 Å². The molecule has 5 N–H and O–H groups in total. The molecule has 0 aliphatic heterocycles. The van der Waals surface area contributed by atoms with Gasteiger partial charge in [0.25, 0.3) is 5.58 Å². The highest BCUT2D eigenvalue weighted by Crippen LogP contribution is 2.40. The Hall–Kier alpha value is -4.73. The Morgan fingerprint density at radius 1 is 0.742 bits per heavy atom. The fourth-order valence-electron chi connectivity index (χ4n) is 3.42. The smallest absolute Gasteiger partial charge is 0.506 e. The molecule has 0 atom stereocenters. The summed E-state index contributed by atoms with van der Waals surface area (Å²) >= 11 is 0. The summed E-state index contributed by atoms with van der Waals surface area (Å²) in [5, 5.41) is 49.1. The minimum absolute atomic E-state index is 0.0798. The zero-order valence-corrected chi connectivity index (χ0v) is 15.2. The summed E-state index contributed by atoms with van der Waals surface area (Å²) in [6.07, 6.45) is 1.12. The van der Waals surface area contributed by atoms with E-state index in [1.54, 1.807) is 0 Å². The number of hydrogen-bond acceptors (Lipinski definition) is 9. The summed E-state index contributed by atoms with van der Waals surface area (Å²) in [6, 6.07) is 5.23. The zero-order valence-electron chi connectivity index (χ0n) is 15.2. The van der Waals surface area contributed by atoms with Crippen LogP contribution in [0.25, 0.3) is 44.2 Å². The highest BCUT2D eigenvalue weighted by Gasteiger charge is 2.27. The van der Waals surface area contributed by atoms with E-state index in [-0.39, 0.29) is 38.7 Å². The van der Waals surface area contributed by atoms with Crippen molar-refractivity contribution in [2.75, 3.05) is 0 Å². The summed E-state index contributed by atoms with van der Waals surface area (Å²) < 4.78 is 15.9. The maximum Gasteiger partial charge on any atom is 0.536 e. The molecule has 10 heteroatoms. The van der Waals surface area contributed by atoms with Gasteiger partial charge in [-0.3, -0.25) is 13.6 Å². The molecule has 0 saturated heterocycles. The van der Waals surface area contributed by atoms with E-state index in [9.17, 15) is 35.1 Å². The van der Waals surface area contributed by atoms with Gasteiger partial charge in [0.05, 0.1) is 11.5 Å². The van der Waals surface area contributed by atoms with E-state index in [2.05, 4.69) is 0 Å². The van der Waals surface area contributed by atoms with Crippen LogP contribution in [0, 0.1) is 0 Å². The molecule has 0 fully saturated rings. The van der Waals surface area contributed by atoms with Crippen molar-refractivity contribution in [3.63, 3.8) is 0 Å². The summed E-state index contributed by atoms with van der Waals surface area (Å²) in [5.41, 5.74) is -2.51. The van der Waals surface area contributed by atoms with Crippen molar-refractivity contribution in [2.24, 2.45) is 0 Å². The Morgan fingerprint density at radius 2 is 1.32 bits per heavy atom. The fourth-order valence-corrected chi connectivity index (χ4v) is 3.42. The molecule has 154 valence electrons. The second kappa shape index (κ2) is 6.13. The normalized spacial score (nSPS) is 11.5. The molecule has 31 heavy (non-hydrogen) atoms. The molecular weight excluding hydrogens is 412 g/mol. The Balaban J connectivity index is 1.94. The zero-order chi connectivity index (χ0) is 22.0. The van der Waals surface area contributed by atoms with Gasteiger partial charge in [-0.2, -0.15) is 0 Å². The van der Waals surface area contributed by atoms with Gasteiger partial charge in [-0.05, 0) is 6.07 Å². The topological polar surface area (TPSA) is 173 Å². The van der Waals surface area contributed by atoms with E-state index in [0.29, 0.717) is 0 Å². The molecule has 10 nitrogen and oxygen atoms in total. The van der Waals surface area contributed by atoms with Crippen LogP contribution < -0.4 is 11.1 Å². The van der Waals surface area contributed by atoms with Crippen LogP contribution >= 0.6 is 0 Å². The van der Waals surface area contributed by atoms with Crippen molar-refractivity contribution in [1.29, 1.82) is 0 Å². The third-order valence-corrected chi connectivity index (χ3v) is 4.88. The quantitative estimate of drug-likeness (QED) is 0.117. The molecule has 5 rings (SSSR count). The van der Waals surface area contributed by atoms with Gasteiger partial charge in [0.15, 0.2) is 28.4 Å². The van der Waals surface area contributed by atoms with Gasteiger partial charge in [-0.15, -0.1) is 0 Å². The van der Waals surface area contributed by atoms with E-state index in [4.69, 9.17) is 13.3 Å². The minimum Gasteiger partial charge on any atom is -0.506 e. The Morgan fingerprint density at radius 3 is 2.00 bits per heavy atom. The summed E-state index contributed by atoms with van der Waals surface area (Å²) in [5.74, 6) is -3.10. The fraction of sp³-hybridized carbons (Fsp3) is 0. The van der Waals surface area contributed by atoms with Crippen LogP contribution in [-0.4, -0.2) is 25.5 Å². The van der Waals surface area contributed by atoms with Gasteiger partial charge in [0.1, 0.15) is 22.3 Å². The monoisotopic (exact) mass is 423 g/mol. The molecule has 0 radical (unpaired) electrons. The summed E-state index contributed by atoms with van der Waals surface area (Å²) in [6.45, 7) is 0. The lowest BCUT2D eigenvalue weighted by Gasteiger charge is -2.08. The summed E-state index contributed by atoms with van der Waals surface area (Å²) in [7, 11) is 0. The number of hydrogen-bond donors (Lipinski definition) is 5. The molecular formula is C21H11O10+. The van der Waals surface area contributed by atoms with Crippen LogP contribution in [0.4, 0.5) is 0 Å². The van der Waals surface area contributed by atoms with Crippen molar-refractivity contribution >= 4 is 33.1 Å². The lowest BCUT2D eigenvalue weighted by atomic mass is 10.0. The van der Waals surface area contributed by atoms with E-state index in [0.717, 1.165) is 30.5 Å². The molecule has 0 aliphatic rings. The van der Waals surface area contributed by atoms with Crippen LogP contribution in [0.2, 0.25) is 0 Å². The van der Waals surface area contributed by atoms with Crippen LogP contribution in [0.1, 0.15) is 0 Å². The highest BCUT2D eigenvalue weighted by molar-refractivity contribution is 6.01. The second-order valence-corrected chi connectivity index (χ2v) is 6.72. The number of phenolic OH excluding ortho intramolecular Hbond substituents is 4. The first kappa shape index (κ1) is 18.3. The lowest BCUT2D eigenvalue weighted by molar-refractivity contribution is 0.402. The van der Waals surface area contributed by atoms with Gasteiger partial charge in [-0.1, -0.05) is 0 Å². The Kier molecular flexibility index (Phi) is 3.62. The minimum atomic E-state index is -1.03. The molecule has 0 bridgehead atoms. The number of benzene rings is 2. The van der Waals surface area contributed by atoms with Gasteiger partial charge in [0.2, 0.25) is 11.7 Å². The number of fused-ring (bicyclic) bond motifs is 3. The van der Waals surface area contributed by atoms with E-state index >= 15 is 0 Å². The molecule has 0 unspecified atom stereocenters. The number of rotatable bonds is 1. The van der Waals surface area contributed by atoms with Gasteiger partial charge in [0, 0.05) is 23.8 Å². The average Bonchev–Trinajstić information content (AvgIpc) is 2.71. The van der Waals surface area contributed by atoms with Crippen molar-refractivity contribution in [1.82, 2.24) is 0 Å². The van der Waals surface area contributed by atoms with Crippen LogP contribution in [0.5, 0.6) is 28.7 Å². The second-order valence-electron chi connectivity index (χ2n) is 6.72. The van der Waals surface area contributed by atoms with E-state index in [1.807, 2.05) is 0 Å². The van der Waals surface area contributed by atoms with Crippen LogP contribution in [-0.2, 0) is 0 Å². The van der Waals surface area contributed by atoms with Crippen molar-refractivity contribution in [2.45, 2.75) is 0 Å². The van der Waals surface area contributed by atoms with Gasteiger partial charge >= 0.3 is 11.4 Å². The van der Waals surface area contributed by atoms with Gasteiger partial charge in [-0.25, -0.2) is 4.79 Å². The highest BCUT2D eigenvalue weighted by atomic mass is 16.5. The predicted octanol–water partition coefficient (Wildman–Crippen LogP) is 3.12. The van der Waals surface area contributed by atoms with Crippen molar-refractivity contribution in [3.8, 4) is 39.9 Å². The first-order valence-corrected chi connectivity index (χ1v) is 8.71. The number of phenols is 4. The Labute approximate surface area is 169 Å². The third-order valence-electron chi connectivity index (χ3n) is 4.88. The summed E-state index contributed by atoms with van der Waals surface area (Å²) in [4.78, 5) is 25.8. The van der Waals surface area contributed by atoms with E-state index < -0.39 is 45.4 Å². The standard InChI is InChI=1S/C21H10O10/c22-10-3-8-14(5-12(10)24)30-20(28)16(18(8)26)7-1-2-29-21-17(7)19(27)9-4-11(23)13(25)6-15(9)31-21/h1-6H,(H4-,22,23,24,25,26,27,28)/p+1. The number of aromatic hydroxyl groups is 5. The maximum atomic E-state index is 13.1. The molecule has 2 aromatic carbocycles. The predicted molar refractivity (Wildman–Crippen MR) is 106 cm³/mol. The largest absolute Gasteiger partial charge is 0.536 e. The molecule has 0 amide bonds. The third kappa shape index (κ3) is 2.55. The van der Waals surface area contributed by atoms with Gasteiger partial charge < -0.3 is 29.9 Å². The SMILES string of the molecule is O=c1oc2cc(O)c(O)cc2c(O)c1-c1cc[o+]c2oc3cc(O)c(O)cc3c(=O)c12. The lowest BCUT2D eigenvalue weighted by Crippen LogP contribution is -2.08. The molecule has 0 saturated carbocycles. The van der Waals surface area contributed by atoms with Crippen LogP contribution in [0.3, 0.4) is 0 Å². The average molecular weight is 423 g/mol. The molecule has 0 aliphatic carbocycles. The van der Waals surface area contributed by atoms with Crippen LogP contribution in [0.15, 0.2) is 59.4 Å². The molecule has 5 aromatic rings. The van der Waals surface area contributed by atoms with Crippen molar-refractivity contribution < 1.29 is 38.8 Å².